The van der Waals surface area contributed by atoms with Gasteiger partial charge in [0.2, 0.25) is 0 Å². The maximum atomic E-state index is 13.3. The Hall–Kier alpha value is -3.33. The van der Waals surface area contributed by atoms with Gasteiger partial charge in [-0.1, -0.05) is 67.1 Å². The first kappa shape index (κ1) is 34.2. The number of amides is 2. The monoisotopic (exact) mass is 615 g/mol. The van der Waals surface area contributed by atoms with Crippen LogP contribution in [0.1, 0.15) is 68.9 Å². The van der Waals surface area contributed by atoms with Crippen LogP contribution in [0.5, 0.6) is 0 Å². The van der Waals surface area contributed by atoms with E-state index in [4.69, 9.17) is 14.0 Å². The number of ether oxygens (including phenoxy) is 2. The molecule has 10 nitrogen and oxygen atoms in total. The third-order valence-corrected chi connectivity index (χ3v) is 8.38. The van der Waals surface area contributed by atoms with Crippen molar-refractivity contribution in [3.8, 4) is 0 Å². The Kier molecular flexibility index (Phi) is 15.7. The van der Waals surface area contributed by atoms with E-state index in [0.29, 0.717) is 64.6 Å². The molecule has 3 rings (SSSR count). The molecule has 2 N–H and O–H groups in total. The van der Waals surface area contributed by atoms with Crippen molar-refractivity contribution in [2.75, 3.05) is 25.9 Å². The fourth-order valence-corrected chi connectivity index (χ4v) is 5.94. The number of hydrogen-bond acceptors (Lipinski definition) is 7. The molecular weight excluding hydrogens is 571 g/mol. The van der Waals surface area contributed by atoms with Crippen molar-refractivity contribution in [2.45, 2.75) is 83.1 Å². The number of hydrogen-bond donors (Lipinski definition) is 2. The molecule has 0 spiro atoms. The van der Waals surface area contributed by atoms with Gasteiger partial charge in [0, 0.05) is 19.7 Å². The van der Waals surface area contributed by atoms with Gasteiger partial charge in [-0.25, -0.2) is 9.59 Å². The number of benzene rings is 2. The lowest BCUT2D eigenvalue weighted by Crippen LogP contribution is -2.45. The second-order valence-corrected chi connectivity index (χ2v) is 11.9. The van der Waals surface area contributed by atoms with Crippen LogP contribution in [-0.4, -0.2) is 66.0 Å². The summed E-state index contributed by atoms with van der Waals surface area (Å²) in [7, 11) is -2.08. The topological polar surface area (TPSA) is 131 Å². The Morgan fingerprint density at radius 3 is 2.28 bits per heavy atom. The summed E-state index contributed by atoms with van der Waals surface area (Å²) in [5.41, 5.74) is 2.03. The first-order valence-corrected chi connectivity index (χ1v) is 16.5. The highest BCUT2D eigenvalue weighted by molar-refractivity contribution is 7.39. The maximum absolute atomic E-state index is 13.3. The lowest BCUT2D eigenvalue weighted by Gasteiger charge is -2.24. The number of nitrogens with zero attached hydrogens (tertiary/aromatic N) is 1. The minimum Gasteiger partial charge on any atom is -0.480 e. The Morgan fingerprint density at radius 1 is 0.907 bits per heavy atom. The first-order valence-electron chi connectivity index (χ1n) is 15.1. The molecular formula is C32H44N2O8P+. The van der Waals surface area contributed by atoms with E-state index in [1.165, 1.54) is 4.90 Å². The first-order chi connectivity index (χ1) is 20.9. The van der Waals surface area contributed by atoms with E-state index in [2.05, 4.69) is 5.32 Å². The number of aliphatic carboxylic acids is 1. The Bertz CT molecular complexity index is 1130. The van der Waals surface area contributed by atoms with E-state index in [1.807, 2.05) is 60.7 Å². The SMILES string of the molecule is O=C(NCCCC[C@H](O[P+](=O)CCCCCCOCc1ccccc1)C(=O)N1CCC[C@H]1C(=O)O)OCc1ccccc1. The number of carbonyl (C=O) groups excluding carboxylic acids is 2. The van der Waals surface area contributed by atoms with E-state index in [0.717, 1.165) is 30.4 Å². The van der Waals surface area contributed by atoms with Crippen LogP contribution in [0.25, 0.3) is 0 Å². The Labute approximate surface area is 255 Å². The number of alkyl carbamates (subject to hydrolysis) is 1. The van der Waals surface area contributed by atoms with Crippen molar-refractivity contribution in [1.82, 2.24) is 10.2 Å². The zero-order valence-electron chi connectivity index (χ0n) is 24.7. The van der Waals surface area contributed by atoms with Crippen LogP contribution in [0.2, 0.25) is 0 Å². The smallest absolute Gasteiger partial charge is 0.480 e. The van der Waals surface area contributed by atoms with Crippen LogP contribution in [0, 0.1) is 0 Å². The van der Waals surface area contributed by atoms with Gasteiger partial charge in [0.15, 0.2) is 12.3 Å². The maximum Gasteiger partial charge on any atom is 0.508 e. The number of carboxylic acid groups (broad SMARTS) is 1. The van der Waals surface area contributed by atoms with E-state index in [-0.39, 0.29) is 13.0 Å². The molecule has 1 aliphatic heterocycles. The molecule has 0 bridgehead atoms. The summed E-state index contributed by atoms with van der Waals surface area (Å²) in [6.45, 7) is 2.11. The Balaban J connectivity index is 1.35. The molecule has 11 heteroatoms. The predicted octanol–water partition coefficient (Wildman–Crippen LogP) is 6.06. The summed E-state index contributed by atoms with van der Waals surface area (Å²) in [6.07, 6.45) is 4.59. The molecule has 1 heterocycles. The molecule has 0 saturated carbocycles. The average Bonchev–Trinajstić information content (AvgIpc) is 3.52. The second kappa shape index (κ2) is 19.8. The third kappa shape index (κ3) is 13.2. The van der Waals surface area contributed by atoms with Crippen molar-refractivity contribution in [3.63, 3.8) is 0 Å². The van der Waals surface area contributed by atoms with Crippen LogP contribution >= 0.6 is 8.03 Å². The van der Waals surface area contributed by atoms with Crippen molar-refractivity contribution >= 4 is 26.0 Å². The molecule has 0 radical (unpaired) electrons. The van der Waals surface area contributed by atoms with Crippen LogP contribution < -0.4 is 5.32 Å². The molecule has 2 amide bonds. The molecule has 0 aliphatic carbocycles. The van der Waals surface area contributed by atoms with Crippen molar-refractivity contribution in [3.05, 3.63) is 71.8 Å². The minimum absolute atomic E-state index is 0.173. The number of nitrogens with one attached hydrogen (secondary N) is 1. The molecule has 2 aromatic carbocycles. The summed E-state index contributed by atoms with van der Waals surface area (Å²) in [5, 5.41) is 12.2. The highest BCUT2D eigenvalue weighted by atomic mass is 31.1. The van der Waals surface area contributed by atoms with Gasteiger partial charge in [-0.05, 0) is 67.1 Å². The molecule has 1 fully saturated rings. The number of likely N-dealkylation sites (tertiary alicyclic amines) is 1. The third-order valence-electron chi connectivity index (χ3n) is 7.21. The molecule has 1 aliphatic rings. The van der Waals surface area contributed by atoms with Gasteiger partial charge in [-0.2, -0.15) is 0 Å². The van der Waals surface area contributed by atoms with Crippen LogP contribution in [0.4, 0.5) is 4.79 Å². The zero-order valence-corrected chi connectivity index (χ0v) is 25.6. The van der Waals surface area contributed by atoms with Gasteiger partial charge < -0.3 is 24.8 Å². The molecule has 0 aromatic heterocycles. The van der Waals surface area contributed by atoms with Gasteiger partial charge in [0.1, 0.15) is 12.6 Å². The molecule has 1 saturated heterocycles. The average molecular weight is 616 g/mol. The lowest BCUT2D eigenvalue weighted by atomic mass is 10.1. The second-order valence-electron chi connectivity index (χ2n) is 10.6. The molecule has 3 atom stereocenters. The van der Waals surface area contributed by atoms with E-state index in [9.17, 15) is 24.1 Å². The highest BCUT2D eigenvalue weighted by Crippen LogP contribution is 2.31. The van der Waals surface area contributed by atoms with Crippen molar-refractivity contribution in [1.29, 1.82) is 0 Å². The quantitative estimate of drug-likeness (QED) is 0.136. The summed E-state index contributed by atoms with van der Waals surface area (Å²) in [4.78, 5) is 38.2. The van der Waals surface area contributed by atoms with Gasteiger partial charge in [-0.3, -0.25) is 4.79 Å². The number of carboxylic acids is 1. The lowest BCUT2D eigenvalue weighted by molar-refractivity contribution is -0.151. The summed E-state index contributed by atoms with van der Waals surface area (Å²) < 4.78 is 29.4. The number of carbonyl (C=O) groups is 3. The normalized spacial score (nSPS) is 15.6. The van der Waals surface area contributed by atoms with Crippen LogP contribution in [0.3, 0.4) is 0 Å². The van der Waals surface area contributed by atoms with E-state index in [1.54, 1.807) is 0 Å². The van der Waals surface area contributed by atoms with Gasteiger partial charge in [0.25, 0.3) is 5.91 Å². The van der Waals surface area contributed by atoms with Crippen LogP contribution in [0.15, 0.2) is 60.7 Å². The van der Waals surface area contributed by atoms with Gasteiger partial charge in [0.05, 0.1) is 6.61 Å². The fraction of sp³-hybridized carbons (Fsp3) is 0.531. The highest BCUT2D eigenvalue weighted by Gasteiger charge is 2.40. The predicted molar refractivity (Wildman–Crippen MR) is 163 cm³/mol. The molecule has 2 aromatic rings. The number of rotatable bonds is 20. The Morgan fingerprint density at radius 2 is 1.58 bits per heavy atom. The van der Waals surface area contributed by atoms with Crippen molar-refractivity contribution in [2.24, 2.45) is 0 Å². The van der Waals surface area contributed by atoms with Crippen LogP contribution in [-0.2, 0) is 41.4 Å². The molecule has 1 unspecified atom stereocenters. The largest absolute Gasteiger partial charge is 0.508 e. The molecule has 43 heavy (non-hydrogen) atoms. The fourth-order valence-electron chi connectivity index (χ4n) is 4.87. The van der Waals surface area contributed by atoms with E-state index < -0.39 is 38.1 Å². The van der Waals surface area contributed by atoms with E-state index >= 15 is 0 Å². The molecule has 234 valence electrons. The summed E-state index contributed by atoms with van der Waals surface area (Å²) in [5.74, 6) is -1.47. The number of unbranched alkanes of at least 4 members (excludes halogenated alkanes) is 4. The van der Waals surface area contributed by atoms with Gasteiger partial charge in [-0.15, -0.1) is 4.52 Å². The summed E-state index contributed by atoms with van der Waals surface area (Å²) in [6, 6.07) is 18.5. The zero-order chi connectivity index (χ0) is 30.7. The minimum atomic E-state index is -2.08. The summed E-state index contributed by atoms with van der Waals surface area (Å²) >= 11 is 0. The van der Waals surface area contributed by atoms with Crippen molar-refractivity contribution < 1.29 is 38.1 Å². The van der Waals surface area contributed by atoms with Gasteiger partial charge >= 0.3 is 20.1 Å². The standard InChI is InChI=1S/C32H43N2O8P/c35-30(34-21-13-18-28(34)31(36)37)29(19-9-10-20-33-32(38)41-25-27-16-7-4-8-17-27)42-43(39)23-12-2-1-11-22-40-24-26-14-5-3-6-15-26/h3-8,14-17,28-29H,1-2,9-13,18-25H2,(H-,33,36,37,38)/p+1/t28-,29-/m0/s1.